The first-order valence-corrected chi connectivity index (χ1v) is 6.18. The highest BCUT2D eigenvalue weighted by Gasteiger charge is 2.51. The second-order valence-electron chi connectivity index (χ2n) is 3.57. The van der Waals surface area contributed by atoms with Crippen molar-refractivity contribution < 1.29 is 37.7 Å². The van der Waals surface area contributed by atoms with Gasteiger partial charge in [0.25, 0.3) is 0 Å². The van der Waals surface area contributed by atoms with Gasteiger partial charge in [-0.3, -0.25) is 9.59 Å². The molecular weight excluding hydrogens is 283 g/mol. The van der Waals surface area contributed by atoms with E-state index in [0.717, 1.165) is 32.7 Å². The molecule has 1 aliphatic rings. The Morgan fingerprint density at radius 1 is 1.00 bits per heavy atom. The molecule has 7 nitrogen and oxygen atoms in total. The zero-order valence-electron chi connectivity index (χ0n) is 10.5. The molecule has 0 N–H and O–H groups in total. The minimum absolute atomic E-state index is 0.674. The Morgan fingerprint density at radius 2 is 1.53 bits per heavy atom. The Hall–Kier alpha value is -1.51. The Kier molecular flexibility index (Phi) is 5.40. The first-order chi connectivity index (χ1) is 8.85. The smallest absolute Gasteiger partial charge is 0.448 e. The number of carbonyl (C=O) groups is 3. The van der Waals surface area contributed by atoms with E-state index in [1.807, 2.05) is 0 Å². The fraction of sp³-hybridized carbons (Fsp3) is 0.700. The van der Waals surface area contributed by atoms with Gasteiger partial charge in [-0.05, 0) is 0 Å². The van der Waals surface area contributed by atoms with Crippen molar-refractivity contribution in [2.75, 3.05) is 7.11 Å². The molecule has 1 unspecified atom stereocenters. The number of alkyl halides is 1. The zero-order chi connectivity index (χ0) is 14.6. The molecule has 0 radical (unpaired) electrons. The van der Waals surface area contributed by atoms with Crippen molar-refractivity contribution >= 4 is 29.9 Å². The van der Waals surface area contributed by atoms with Gasteiger partial charge in [-0.15, -0.1) is 0 Å². The Labute approximate surface area is 112 Å². The van der Waals surface area contributed by atoms with Gasteiger partial charge in [0, 0.05) is 13.8 Å². The average Bonchev–Trinajstić information content (AvgIpc) is 2.56. The van der Waals surface area contributed by atoms with E-state index in [2.05, 4.69) is 9.47 Å². The van der Waals surface area contributed by atoms with Crippen molar-refractivity contribution in [3.05, 3.63) is 0 Å². The number of carbonyl (C=O) groups excluding carboxylic acids is 3. The molecular formula is C10H13FO7S. The van der Waals surface area contributed by atoms with E-state index < -0.39 is 41.2 Å². The summed E-state index contributed by atoms with van der Waals surface area (Å²) in [7, 11) is 1.06. The van der Waals surface area contributed by atoms with E-state index in [1.165, 1.54) is 0 Å². The van der Waals surface area contributed by atoms with E-state index in [0.29, 0.717) is 0 Å². The zero-order valence-corrected chi connectivity index (χ0v) is 11.3. The van der Waals surface area contributed by atoms with Gasteiger partial charge in [-0.25, -0.2) is 9.18 Å². The molecule has 1 rings (SSSR count). The molecule has 0 aromatic heterocycles. The van der Waals surface area contributed by atoms with Crippen LogP contribution in [0.3, 0.4) is 0 Å². The van der Waals surface area contributed by atoms with Gasteiger partial charge in [0.15, 0.2) is 23.1 Å². The van der Waals surface area contributed by atoms with Crippen LogP contribution in [0.15, 0.2) is 0 Å². The van der Waals surface area contributed by atoms with Crippen LogP contribution in [0.2, 0.25) is 0 Å². The summed E-state index contributed by atoms with van der Waals surface area (Å²) in [5, 5.41) is 0. The number of rotatable bonds is 3. The lowest BCUT2D eigenvalue weighted by molar-refractivity contribution is -0.151. The molecule has 1 saturated heterocycles. The molecule has 1 heterocycles. The van der Waals surface area contributed by atoms with Crippen LogP contribution in [0.25, 0.3) is 0 Å². The summed E-state index contributed by atoms with van der Waals surface area (Å²) in [4.78, 5) is 32.7. The maximum atomic E-state index is 14.0. The lowest BCUT2D eigenvalue weighted by Crippen LogP contribution is -2.36. The number of hydrogen-bond donors (Lipinski definition) is 0. The fourth-order valence-electron chi connectivity index (χ4n) is 1.38. The van der Waals surface area contributed by atoms with Crippen LogP contribution >= 0.6 is 11.8 Å². The Balaban J connectivity index is 2.78. The topological polar surface area (TPSA) is 88.1 Å². The van der Waals surface area contributed by atoms with Crippen LogP contribution in [0, 0.1) is 0 Å². The molecule has 0 amide bonds. The minimum Gasteiger partial charge on any atom is -0.448 e. The van der Waals surface area contributed by atoms with E-state index in [4.69, 9.17) is 9.47 Å². The maximum absolute atomic E-state index is 14.0. The second kappa shape index (κ2) is 6.60. The molecule has 0 aliphatic carbocycles. The molecule has 0 bridgehead atoms. The summed E-state index contributed by atoms with van der Waals surface area (Å²) in [5.74, 6) is -1.37. The van der Waals surface area contributed by atoms with Crippen molar-refractivity contribution in [3.63, 3.8) is 0 Å². The van der Waals surface area contributed by atoms with Crippen molar-refractivity contribution in [1.29, 1.82) is 0 Å². The number of ether oxygens (including phenoxy) is 4. The van der Waals surface area contributed by atoms with E-state index in [-0.39, 0.29) is 0 Å². The molecule has 4 atom stereocenters. The van der Waals surface area contributed by atoms with E-state index in [9.17, 15) is 18.8 Å². The number of hydrogen-bond acceptors (Lipinski definition) is 8. The van der Waals surface area contributed by atoms with Crippen LogP contribution < -0.4 is 0 Å². The van der Waals surface area contributed by atoms with E-state index in [1.54, 1.807) is 0 Å². The van der Waals surface area contributed by atoms with Crippen LogP contribution in [0.4, 0.5) is 9.18 Å². The van der Waals surface area contributed by atoms with Gasteiger partial charge in [-0.2, -0.15) is 0 Å². The standard InChI is InChI=1S/C10H13FO7S/c1-4(12)16-8-6(11)7(18-10(14)15-3)9(19-8)17-5(2)13/h6-9H,1-3H3/t6-,7-,8?,9+/m0/s1. The predicted molar refractivity (Wildman–Crippen MR) is 60.9 cm³/mol. The van der Waals surface area contributed by atoms with Gasteiger partial charge >= 0.3 is 18.1 Å². The maximum Gasteiger partial charge on any atom is 0.508 e. The van der Waals surface area contributed by atoms with E-state index >= 15 is 0 Å². The van der Waals surface area contributed by atoms with Gasteiger partial charge in [-0.1, -0.05) is 11.8 Å². The van der Waals surface area contributed by atoms with Gasteiger partial charge in [0.2, 0.25) is 0 Å². The predicted octanol–water partition coefficient (Wildman–Crippen LogP) is 1.00. The fourth-order valence-corrected chi connectivity index (χ4v) is 2.70. The normalized spacial score (nSPS) is 29.5. The molecule has 0 saturated carbocycles. The summed E-state index contributed by atoms with van der Waals surface area (Å²) >= 11 is 0.742. The number of halogens is 1. The average molecular weight is 296 g/mol. The Bertz CT molecular complexity index is 375. The van der Waals surface area contributed by atoms with Crippen molar-refractivity contribution in [3.8, 4) is 0 Å². The lowest BCUT2D eigenvalue weighted by Gasteiger charge is -2.18. The van der Waals surface area contributed by atoms with Crippen molar-refractivity contribution in [2.24, 2.45) is 0 Å². The van der Waals surface area contributed by atoms with Crippen molar-refractivity contribution in [1.82, 2.24) is 0 Å². The summed E-state index contributed by atoms with van der Waals surface area (Å²) in [6.07, 6.45) is -4.34. The van der Waals surface area contributed by atoms with Crippen LogP contribution in [-0.2, 0) is 28.5 Å². The SMILES string of the molecule is COC(=O)O[C@@H]1[C@H](OC(C)=O)SC(OC(C)=O)[C@H]1F. The molecule has 0 spiro atoms. The molecule has 1 aliphatic heterocycles. The van der Waals surface area contributed by atoms with Crippen LogP contribution in [0.1, 0.15) is 13.8 Å². The number of methoxy groups -OCH3 is 1. The molecule has 1 fully saturated rings. The molecule has 108 valence electrons. The molecule has 19 heavy (non-hydrogen) atoms. The molecule has 9 heteroatoms. The Morgan fingerprint density at radius 3 is 2.00 bits per heavy atom. The first-order valence-electron chi connectivity index (χ1n) is 5.23. The monoisotopic (exact) mass is 296 g/mol. The van der Waals surface area contributed by atoms with Crippen molar-refractivity contribution in [2.45, 2.75) is 37.0 Å². The largest absolute Gasteiger partial charge is 0.508 e. The summed E-state index contributed by atoms with van der Waals surface area (Å²) in [6, 6.07) is 0. The van der Waals surface area contributed by atoms with Gasteiger partial charge in [0.05, 0.1) is 7.11 Å². The highest BCUT2D eigenvalue weighted by Crippen LogP contribution is 2.39. The summed E-state index contributed by atoms with van der Waals surface area (Å²) in [6.45, 7) is 2.24. The third-order valence-corrected chi connectivity index (χ3v) is 3.33. The third kappa shape index (κ3) is 4.27. The summed E-state index contributed by atoms with van der Waals surface area (Å²) < 4.78 is 32.4. The minimum atomic E-state index is -1.82. The van der Waals surface area contributed by atoms with Crippen LogP contribution in [0.5, 0.6) is 0 Å². The summed E-state index contributed by atoms with van der Waals surface area (Å²) in [5.41, 5.74) is -2.31. The molecule has 0 aromatic carbocycles. The highest BCUT2D eigenvalue weighted by molar-refractivity contribution is 8.00. The number of esters is 2. The third-order valence-electron chi connectivity index (χ3n) is 2.07. The quantitative estimate of drug-likeness (QED) is 0.563. The highest BCUT2D eigenvalue weighted by atomic mass is 32.2. The first kappa shape index (κ1) is 15.5. The lowest BCUT2D eigenvalue weighted by atomic mass is 10.2. The van der Waals surface area contributed by atoms with Gasteiger partial charge < -0.3 is 18.9 Å². The number of thioether (sulfide) groups is 1. The molecule has 0 aromatic rings. The second-order valence-corrected chi connectivity index (χ2v) is 4.77. The van der Waals surface area contributed by atoms with Crippen LogP contribution in [-0.4, -0.2) is 48.4 Å². The van der Waals surface area contributed by atoms with Gasteiger partial charge in [0.1, 0.15) is 0 Å².